The minimum Gasteiger partial charge on any atom is -0.397 e. The van der Waals surface area contributed by atoms with Gasteiger partial charge in [0, 0.05) is 25.2 Å². The number of hydrogen-bond donors (Lipinski definition) is 3. The van der Waals surface area contributed by atoms with Crippen LogP contribution in [0.4, 0.5) is 16.2 Å². The topological polar surface area (TPSA) is 70.4 Å². The maximum Gasteiger partial charge on any atom is 0.322 e. The third kappa shape index (κ3) is 3.33. The van der Waals surface area contributed by atoms with Crippen molar-refractivity contribution in [3.63, 3.8) is 0 Å². The maximum atomic E-state index is 12.7. The van der Waals surface area contributed by atoms with E-state index >= 15 is 0 Å². The molecular formula is C20H24N4O. The van der Waals surface area contributed by atoms with Gasteiger partial charge in [0.05, 0.1) is 11.4 Å². The van der Waals surface area contributed by atoms with Gasteiger partial charge in [0.2, 0.25) is 0 Å². The standard InChI is InChI=1S/C20H24N4O/c1-13-2-4-14(5-3-13)15-6-9-18(21)19(10-15)23-20(25)24-11-16-7-8-17(12-24)22-16/h2-6,9-10,16-17,22H,7-8,11-12,21H2,1H3,(H,23,25). The lowest BCUT2D eigenvalue weighted by atomic mass is 10.0. The van der Waals surface area contributed by atoms with Gasteiger partial charge in [0.25, 0.3) is 0 Å². The second kappa shape index (κ2) is 6.41. The molecule has 5 nitrogen and oxygen atoms in total. The zero-order valence-corrected chi connectivity index (χ0v) is 14.5. The summed E-state index contributed by atoms with van der Waals surface area (Å²) in [6, 6.07) is 14.9. The molecule has 2 fully saturated rings. The first kappa shape index (κ1) is 16.0. The lowest BCUT2D eigenvalue weighted by Crippen LogP contribution is -2.54. The second-order valence-electron chi connectivity index (χ2n) is 7.14. The summed E-state index contributed by atoms with van der Waals surface area (Å²) in [5.41, 5.74) is 10.7. The highest BCUT2D eigenvalue weighted by atomic mass is 16.2. The first-order valence-electron chi connectivity index (χ1n) is 8.87. The Labute approximate surface area is 148 Å². The highest BCUT2D eigenvalue weighted by Crippen LogP contribution is 2.28. The van der Waals surface area contributed by atoms with Gasteiger partial charge in [0.15, 0.2) is 0 Å². The number of likely N-dealkylation sites (tertiary alicyclic amines) is 1. The van der Waals surface area contributed by atoms with Crippen molar-refractivity contribution in [2.75, 3.05) is 24.1 Å². The fourth-order valence-electron chi connectivity index (χ4n) is 3.75. The molecule has 2 atom stereocenters. The van der Waals surface area contributed by atoms with Crippen LogP contribution in [0.25, 0.3) is 11.1 Å². The van der Waals surface area contributed by atoms with E-state index < -0.39 is 0 Å². The van der Waals surface area contributed by atoms with Crippen LogP contribution in [0, 0.1) is 6.92 Å². The van der Waals surface area contributed by atoms with Crippen LogP contribution < -0.4 is 16.4 Å². The first-order chi connectivity index (χ1) is 12.1. The Morgan fingerprint density at radius 3 is 2.40 bits per heavy atom. The van der Waals surface area contributed by atoms with E-state index in [0.29, 0.717) is 23.5 Å². The molecule has 130 valence electrons. The molecule has 4 rings (SSSR count). The summed E-state index contributed by atoms with van der Waals surface area (Å²) in [5.74, 6) is 0. The van der Waals surface area contributed by atoms with Gasteiger partial charge in [-0.3, -0.25) is 0 Å². The number of piperazine rings is 1. The number of nitrogens with zero attached hydrogens (tertiary/aromatic N) is 1. The first-order valence-corrected chi connectivity index (χ1v) is 8.87. The predicted molar refractivity (Wildman–Crippen MR) is 102 cm³/mol. The van der Waals surface area contributed by atoms with Crippen molar-refractivity contribution in [3.05, 3.63) is 48.0 Å². The fourth-order valence-corrected chi connectivity index (χ4v) is 3.75. The number of rotatable bonds is 2. The van der Waals surface area contributed by atoms with Crippen molar-refractivity contribution in [3.8, 4) is 11.1 Å². The number of nitrogens with two attached hydrogens (primary N) is 1. The summed E-state index contributed by atoms with van der Waals surface area (Å²) in [5, 5.41) is 6.54. The number of nitrogen functional groups attached to an aromatic ring is 1. The molecule has 4 N–H and O–H groups in total. The van der Waals surface area contributed by atoms with Crippen molar-refractivity contribution in [1.82, 2.24) is 10.2 Å². The Morgan fingerprint density at radius 1 is 1.08 bits per heavy atom. The summed E-state index contributed by atoms with van der Waals surface area (Å²) >= 11 is 0. The average Bonchev–Trinajstić information content (AvgIpc) is 2.95. The van der Waals surface area contributed by atoms with Crippen molar-refractivity contribution < 1.29 is 4.79 Å². The van der Waals surface area contributed by atoms with E-state index in [9.17, 15) is 4.79 Å². The number of carbonyl (C=O) groups is 1. The largest absolute Gasteiger partial charge is 0.397 e. The lowest BCUT2D eigenvalue weighted by molar-refractivity contribution is 0.188. The average molecular weight is 336 g/mol. The van der Waals surface area contributed by atoms with E-state index in [1.54, 1.807) is 0 Å². The SMILES string of the molecule is Cc1ccc(-c2ccc(N)c(NC(=O)N3CC4CCC(C3)N4)c2)cc1. The number of aryl methyl sites for hydroxylation is 1. The van der Waals surface area contributed by atoms with Crippen LogP contribution in [-0.2, 0) is 0 Å². The second-order valence-corrected chi connectivity index (χ2v) is 7.14. The van der Waals surface area contributed by atoms with Gasteiger partial charge in [-0.25, -0.2) is 4.79 Å². The summed E-state index contributed by atoms with van der Waals surface area (Å²) < 4.78 is 0. The van der Waals surface area contributed by atoms with Crippen LogP contribution in [0.5, 0.6) is 0 Å². The number of urea groups is 1. The van der Waals surface area contributed by atoms with Crippen LogP contribution >= 0.6 is 0 Å². The Balaban J connectivity index is 1.52. The highest BCUT2D eigenvalue weighted by Gasteiger charge is 2.34. The van der Waals surface area contributed by atoms with E-state index in [1.807, 2.05) is 23.1 Å². The Morgan fingerprint density at radius 2 is 1.72 bits per heavy atom. The molecule has 2 aromatic rings. The third-order valence-corrected chi connectivity index (χ3v) is 5.18. The number of anilines is 2. The van der Waals surface area contributed by atoms with Gasteiger partial charge in [0.1, 0.15) is 0 Å². The van der Waals surface area contributed by atoms with Crippen molar-refractivity contribution in [2.24, 2.45) is 0 Å². The molecule has 2 bridgehead atoms. The molecule has 0 radical (unpaired) electrons. The zero-order chi connectivity index (χ0) is 17.4. The highest BCUT2D eigenvalue weighted by molar-refractivity contribution is 5.94. The lowest BCUT2D eigenvalue weighted by Gasteiger charge is -2.33. The summed E-state index contributed by atoms with van der Waals surface area (Å²) in [4.78, 5) is 14.6. The number of carbonyl (C=O) groups excluding carboxylic acids is 1. The quantitative estimate of drug-likeness (QED) is 0.738. The fraction of sp³-hybridized carbons (Fsp3) is 0.350. The van der Waals surface area contributed by atoms with Gasteiger partial charge >= 0.3 is 6.03 Å². The van der Waals surface area contributed by atoms with Crippen molar-refractivity contribution in [2.45, 2.75) is 31.8 Å². The van der Waals surface area contributed by atoms with Crippen LogP contribution in [-0.4, -0.2) is 36.1 Å². The van der Waals surface area contributed by atoms with Crippen molar-refractivity contribution in [1.29, 1.82) is 0 Å². The molecule has 2 aliphatic heterocycles. The van der Waals surface area contributed by atoms with E-state index in [4.69, 9.17) is 5.73 Å². The number of benzene rings is 2. The molecule has 0 saturated carbocycles. The van der Waals surface area contributed by atoms with Gasteiger partial charge in [-0.15, -0.1) is 0 Å². The van der Waals surface area contributed by atoms with Crippen LogP contribution in [0.3, 0.4) is 0 Å². The maximum absolute atomic E-state index is 12.7. The number of hydrogen-bond acceptors (Lipinski definition) is 3. The molecular weight excluding hydrogens is 312 g/mol. The minimum absolute atomic E-state index is 0.0637. The summed E-state index contributed by atoms with van der Waals surface area (Å²) in [6.07, 6.45) is 2.30. The van der Waals surface area contributed by atoms with E-state index in [2.05, 4.69) is 41.8 Å². The number of nitrogens with one attached hydrogen (secondary N) is 2. The Bertz CT molecular complexity index is 775. The minimum atomic E-state index is -0.0637. The van der Waals surface area contributed by atoms with Crippen LogP contribution in [0.2, 0.25) is 0 Å². The van der Waals surface area contributed by atoms with E-state index in [1.165, 1.54) is 5.56 Å². The van der Waals surface area contributed by atoms with Gasteiger partial charge in [-0.1, -0.05) is 35.9 Å². The van der Waals surface area contributed by atoms with E-state index in [-0.39, 0.29) is 6.03 Å². The molecule has 2 unspecified atom stereocenters. The number of amides is 2. The molecule has 5 heteroatoms. The monoisotopic (exact) mass is 336 g/mol. The van der Waals surface area contributed by atoms with Crippen LogP contribution in [0.15, 0.2) is 42.5 Å². The van der Waals surface area contributed by atoms with Gasteiger partial charge in [-0.2, -0.15) is 0 Å². The molecule has 25 heavy (non-hydrogen) atoms. The summed E-state index contributed by atoms with van der Waals surface area (Å²) in [6.45, 7) is 3.60. The van der Waals surface area contributed by atoms with E-state index in [0.717, 1.165) is 37.1 Å². The molecule has 2 heterocycles. The molecule has 2 aliphatic rings. The normalized spacial score (nSPS) is 22.0. The van der Waals surface area contributed by atoms with Gasteiger partial charge < -0.3 is 21.3 Å². The predicted octanol–water partition coefficient (Wildman–Crippen LogP) is 3.21. The molecule has 2 aromatic carbocycles. The van der Waals surface area contributed by atoms with Gasteiger partial charge in [-0.05, 0) is 43.0 Å². The van der Waals surface area contributed by atoms with Crippen LogP contribution in [0.1, 0.15) is 18.4 Å². The smallest absolute Gasteiger partial charge is 0.322 e. The molecule has 0 aliphatic carbocycles. The van der Waals surface area contributed by atoms with Crippen molar-refractivity contribution >= 4 is 17.4 Å². The summed E-state index contributed by atoms with van der Waals surface area (Å²) in [7, 11) is 0. The Kier molecular flexibility index (Phi) is 4.09. The number of fused-ring (bicyclic) bond motifs is 2. The molecule has 2 amide bonds. The molecule has 2 saturated heterocycles. The molecule has 0 aromatic heterocycles. The zero-order valence-electron chi connectivity index (χ0n) is 14.5. The third-order valence-electron chi connectivity index (χ3n) is 5.18. The Hall–Kier alpha value is -2.53. The molecule has 0 spiro atoms.